The van der Waals surface area contributed by atoms with Gasteiger partial charge in [-0.2, -0.15) is 0 Å². The second kappa shape index (κ2) is 4.97. The van der Waals surface area contributed by atoms with Crippen molar-refractivity contribution < 1.29 is 5.11 Å². The molecule has 22 heavy (non-hydrogen) atoms. The van der Waals surface area contributed by atoms with Crippen LogP contribution in [0.25, 0.3) is 0 Å². The maximum atomic E-state index is 11.0. The van der Waals surface area contributed by atoms with Gasteiger partial charge in [0.15, 0.2) is 0 Å². The summed E-state index contributed by atoms with van der Waals surface area (Å²) in [5.41, 5.74) is 2.25. The molecule has 3 saturated carbocycles. The van der Waals surface area contributed by atoms with Crippen molar-refractivity contribution in [3.05, 3.63) is 23.8 Å². The standard InChI is InChI=1S/C21H32O/c1-4-14-8-9-16-19-17(10-12-21(14,16)3)20(2)11-6-5-7-15(20)13-18(19)22/h6-7,11,14,16-19,22H,4-5,8-10,12-13H2,1-3H3/t14-,16-,17-,18?,19-,20-,21+/m0/s1. The first kappa shape index (κ1) is 15.0. The zero-order chi connectivity index (χ0) is 15.5. The van der Waals surface area contributed by atoms with E-state index >= 15 is 0 Å². The Labute approximate surface area is 135 Å². The van der Waals surface area contributed by atoms with E-state index in [1.807, 2.05) is 0 Å². The average Bonchev–Trinajstić information content (AvgIpc) is 2.84. The van der Waals surface area contributed by atoms with E-state index in [4.69, 9.17) is 0 Å². The summed E-state index contributed by atoms with van der Waals surface area (Å²) in [5.74, 6) is 2.82. The number of allylic oxidation sites excluding steroid dienone is 3. The van der Waals surface area contributed by atoms with Gasteiger partial charge in [-0.25, -0.2) is 0 Å². The van der Waals surface area contributed by atoms with Gasteiger partial charge in [0, 0.05) is 5.41 Å². The highest BCUT2D eigenvalue weighted by molar-refractivity contribution is 5.32. The zero-order valence-corrected chi connectivity index (χ0v) is 14.5. The Bertz CT molecular complexity index is 518. The predicted octanol–water partition coefficient (Wildman–Crippen LogP) is 5.11. The predicted molar refractivity (Wildman–Crippen MR) is 91.4 cm³/mol. The fourth-order valence-electron chi connectivity index (χ4n) is 7.09. The van der Waals surface area contributed by atoms with E-state index in [1.54, 1.807) is 0 Å². The molecule has 1 unspecified atom stereocenters. The SMILES string of the molecule is CC[C@H]1CC[C@H]2[C@@H]3C(O)CC4=CCC=C[C@]4(C)[C@H]3CC[C@]12C. The van der Waals surface area contributed by atoms with Crippen molar-refractivity contribution in [3.63, 3.8) is 0 Å². The van der Waals surface area contributed by atoms with Crippen LogP contribution in [0.2, 0.25) is 0 Å². The van der Waals surface area contributed by atoms with Crippen LogP contribution in [-0.4, -0.2) is 11.2 Å². The van der Waals surface area contributed by atoms with E-state index in [1.165, 1.54) is 37.7 Å². The average molecular weight is 300 g/mol. The largest absolute Gasteiger partial charge is 0.392 e. The van der Waals surface area contributed by atoms with E-state index in [2.05, 4.69) is 39.0 Å². The molecule has 0 saturated heterocycles. The molecule has 3 fully saturated rings. The molecule has 1 heteroatoms. The minimum atomic E-state index is -0.101. The lowest BCUT2D eigenvalue weighted by Gasteiger charge is -2.58. The third-order valence-corrected chi connectivity index (χ3v) is 8.32. The molecule has 0 aromatic rings. The van der Waals surface area contributed by atoms with Crippen LogP contribution in [0.15, 0.2) is 23.8 Å². The van der Waals surface area contributed by atoms with Crippen LogP contribution in [-0.2, 0) is 0 Å². The number of fused-ring (bicyclic) bond motifs is 5. The van der Waals surface area contributed by atoms with E-state index in [0.717, 1.165) is 24.7 Å². The number of aliphatic hydroxyl groups is 1. The first-order valence-corrected chi connectivity index (χ1v) is 9.56. The second-order valence-corrected chi connectivity index (χ2v) is 8.94. The Balaban J connectivity index is 1.72. The molecule has 0 heterocycles. The van der Waals surface area contributed by atoms with Crippen LogP contribution in [0.3, 0.4) is 0 Å². The van der Waals surface area contributed by atoms with E-state index < -0.39 is 0 Å². The van der Waals surface area contributed by atoms with Crippen molar-refractivity contribution in [2.24, 2.45) is 34.5 Å². The monoisotopic (exact) mass is 300 g/mol. The topological polar surface area (TPSA) is 20.2 Å². The molecule has 0 radical (unpaired) electrons. The zero-order valence-electron chi connectivity index (χ0n) is 14.5. The lowest BCUT2D eigenvalue weighted by atomic mass is 9.47. The summed E-state index contributed by atoms with van der Waals surface area (Å²) in [6, 6.07) is 0. The van der Waals surface area contributed by atoms with E-state index in [-0.39, 0.29) is 11.5 Å². The summed E-state index contributed by atoms with van der Waals surface area (Å²) in [4.78, 5) is 0. The molecular formula is C21H32O. The van der Waals surface area contributed by atoms with Crippen molar-refractivity contribution in [2.45, 2.75) is 71.8 Å². The molecule has 7 atom stereocenters. The Morgan fingerprint density at radius 3 is 2.77 bits per heavy atom. The van der Waals surface area contributed by atoms with Gasteiger partial charge in [-0.3, -0.25) is 0 Å². The molecule has 0 amide bonds. The Morgan fingerprint density at radius 2 is 2.00 bits per heavy atom. The first-order valence-electron chi connectivity index (χ1n) is 9.56. The maximum Gasteiger partial charge on any atom is 0.0611 e. The smallest absolute Gasteiger partial charge is 0.0611 e. The minimum Gasteiger partial charge on any atom is -0.392 e. The summed E-state index contributed by atoms with van der Waals surface area (Å²) in [6.07, 6.45) is 15.9. The Kier molecular flexibility index (Phi) is 3.39. The van der Waals surface area contributed by atoms with Crippen molar-refractivity contribution in [1.82, 2.24) is 0 Å². The van der Waals surface area contributed by atoms with E-state index in [9.17, 15) is 5.11 Å². The fourth-order valence-corrected chi connectivity index (χ4v) is 7.09. The van der Waals surface area contributed by atoms with Crippen LogP contribution >= 0.6 is 0 Å². The van der Waals surface area contributed by atoms with Crippen LogP contribution in [0.1, 0.15) is 65.7 Å². The number of hydrogen-bond donors (Lipinski definition) is 1. The third-order valence-electron chi connectivity index (χ3n) is 8.32. The quantitative estimate of drug-likeness (QED) is 0.667. The van der Waals surface area contributed by atoms with Gasteiger partial charge in [-0.1, -0.05) is 51.0 Å². The summed E-state index contributed by atoms with van der Waals surface area (Å²) in [6.45, 7) is 7.37. The van der Waals surface area contributed by atoms with Gasteiger partial charge in [-0.05, 0) is 67.6 Å². The molecule has 4 rings (SSSR count). The summed E-state index contributed by atoms with van der Waals surface area (Å²) in [7, 11) is 0. The molecule has 4 aliphatic rings. The molecule has 122 valence electrons. The van der Waals surface area contributed by atoms with Gasteiger partial charge in [0.1, 0.15) is 0 Å². The number of aliphatic hydroxyl groups excluding tert-OH is 1. The highest BCUT2D eigenvalue weighted by Gasteiger charge is 2.60. The van der Waals surface area contributed by atoms with Crippen LogP contribution < -0.4 is 0 Å². The Hall–Kier alpha value is -0.560. The summed E-state index contributed by atoms with van der Waals surface area (Å²) in [5, 5.41) is 11.0. The van der Waals surface area contributed by atoms with Gasteiger partial charge in [-0.15, -0.1) is 0 Å². The highest BCUT2D eigenvalue weighted by atomic mass is 16.3. The van der Waals surface area contributed by atoms with Gasteiger partial charge < -0.3 is 5.11 Å². The highest BCUT2D eigenvalue weighted by Crippen LogP contribution is 2.66. The van der Waals surface area contributed by atoms with Crippen molar-refractivity contribution in [3.8, 4) is 0 Å². The second-order valence-electron chi connectivity index (χ2n) is 8.94. The fraction of sp³-hybridized carbons (Fsp3) is 0.810. The summed E-state index contributed by atoms with van der Waals surface area (Å²) >= 11 is 0. The van der Waals surface area contributed by atoms with E-state index in [0.29, 0.717) is 17.3 Å². The van der Waals surface area contributed by atoms with Gasteiger partial charge in [0.2, 0.25) is 0 Å². The molecule has 4 aliphatic carbocycles. The van der Waals surface area contributed by atoms with Gasteiger partial charge >= 0.3 is 0 Å². The molecule has 0 spiro atoms. The molecule has 0 aromatic heterocycles. The van der Waals surface area contributed by atoms with Crippen LogP contribution in [0.4, 0.5) is 0 Å². The normalized spacial score (nSPS) is 53.5. The Morgan fingerprint density at radius 1 is 1.18 bits per heavy atom. The van der Waals surface area contributed by atoms with Crippen LogP contribution in [0, 0.1) is 34.5 Å². The van der Waals surface area contributed by atoms with Gasteiger partial charge in [0.05, 0.1) is 6.10 Å². The molecule has 0 bridgehead atoms. The lowest BCUT2D eigenvalue weighted by Crippen LogP contribution is -2.54. The van der Waals surface area contributed by atoms with Crippen molar-refractivity contribution >= 4 is 0 Å². The maximum absolute atomic E-state index is 11.0. The van der Waals surface area contributed by atoms with Crippen LogP contribution in [0.5, 0.6) is 0 Å². The first-order chi connectivity index (χ1) is 10.5. The number of rotatable bonds is 1. The van der Waals surface area contributed by atoms with Gasteiger partial charge in [0.25, 0.3) is 0 Å². The lowest BCUT2D eigenvalue weighted by molar-refractivity contribution is -0.0951. The van der Waals surface area contributed by atoms with Crippen molar-refractivity contribution in [1.29, 1.82) is 0 Å². The molecular weight excluding hydrogens is 268 g/mol. The molecule has 1 N–H and O–H groups in total. The minimum absolute atomic E-state index is 0.101. The summed E-state index contributed by atoms with van der Waals surface area (Å²) < 4.78 is 0. The number of hydrogen-bond acceptors (Lipinski definition) is 1. The third kappa shape index (κ3) is 1.81. The molecule has 1 nitrogen and oxygen atoms in total. The van der Waals surface area contributed by atoms with Crippen molar-refractivity contribution in [2.75, 3.05) is 0 Å². The molecule has 0 aromatic carbocycles. The molecule has 0 aliphatic heterocycles.